The number of hydrogen-bond acceptors (Lipinski definition) is 5. The molecule has 104 valence electrons. The van der Waals surface area contributed by atoms with Crippen LogP contribution in [0.1, 0.15) is 25.9 Å². The first kappa shape index (κ1) is 14.6. The van der Waals surface area contributed by atoms with Gasteiger partial charge in [0.1, 0.15) is 4.60 Å². The molecule has 2 rings (SSSR count). The number of aromatic nitrogens is 2. The number of carbonyl (C=O) groups excluding carboxylic acids is 1. The smallest absolute Gasteiger partial charge is 0.355 e. The van der Waals surface area contributed by atoms with Crippen molar-refractivity contribution in [3.63, 3.8) is 0 Å². The van der Waals surface area contributed by atoms with E-state index < -0.39 is 5.97 Å². The highest BCUT2D eigenvalue weighted by atomic mass is 79.9. The summed E-state index contributed by atoms with van der Waals surface area (Å²) in [5.41, 5.74) is 0.506. The number of amides is 1. The molecule has 8 heteroatoms. The largest absolute Gasteiger partial charge is 0.476 e. The Labute approximate surface area is 127 Å². The maximum Gasteiger partial charge on any atom is 0.355 e. The maximum atomic E-state index is 11.8. The van der Waals surface area contributed by atoms with Gasteiger partial charge in [-0.1, -0.05) is 0 Å². The topological polar surface area (TPSA) is 92.2 Å². The van der Waals surface area contributed by atoms with Crippen molar-refractivity contribution in [3.8, 4) is 0 Å². The third-order valence-corrected chi connectivity index (χ3v) is 3.76. The lowest BCUT2D eigenvalue weighted by atomic mass is 10.2. The van der Waals surface area contributed by atoms with E-state index in [1.807, 2.05) is 0 Å². The Balaban J connectivity index is 1.84. The van der Waals surface area contributed by atoms with E-state index in [9.17, 15) is 9.59 Å². The fourth-order valence-corrected chi connectivity index (χ4v) is 2.43. The number of nitrogens with one attached hydrogen (secondary N) is 1. The number of carboxylic acids is 1. The third-order valence-electron chi connectivity index (χ3n) is 2.38. The highest BCUT2D eigenvalue weighted by Crippen LogP contribution is 2.10. The molecule has 0 aromatic carbocycles. The number of rotatable bonds is 5. The van der Waals surface area contributed by atoms with Gasteiger partial charge in [-0.25, -0.2) is 14.8 Å². The predicted octanol–water partition coefficient (Wildman–Crippen LogP) is 1.97. The third kappa shape index (κ3) is 3.84. The normalized spacial score (nSPS) is 10.2. The molecule has 0 fully saturated rings. The van der Waals surface area contributed by atoms with Crippen LogP contribution in [0.5, 0.6) is 0 Å². The molecule has 0 radical (unpaired) electrons. The molecule has 0 aliphatic heterocycles. The van der Waals surface area contributed by atoms with Crippen LogP contribution in [0.2, 0.25) is 0 Å². The molecule has 0 atom stereocenters. The zero-order valence-corrected chi connectivity index (χ0v) is 12.6. The molecule has 2 aromatic heterocycles. The van der Waals surface area contributed by atoms with E-state index in [0.29, 0.717) is 28.1 Å². The number of carbonyl (C=O) groups is 2. The second-order valence-electron chi connectivity index (χ2n) is 3.81. The van der Waals surface area contributed by atoms with Gasteiger partial charge in [-0.3, -0.25) is 4.79 Å². The molecule has 0 aliphatic carbocycles. The van der Waals surface area contributed by atoms with Gasteiger partial charge in [0, 0.05) is 24.5 Å². The van der Waals surface area contributed by atoms with E-state index in [4.69, 9.17) is 5.11 Å². The number of pyridine rings is 1. The minimum absolute atomic E-state index is 0.0356. The van der Waals surface area contributed by atoms with E-state index in [1.54, 1.807) is 12.1 Å². The minimum atomic E-state index is -1.04. The molecule has 0 bridgehead atoms. The summed E-state index contributed by atoms with van der Waals surface area (Å²) in [5.74, 6) is -1.27. The average molecular weight is 356 g/mol. The van der Waals surface area contributed by atoms with Crippen molar-refractivity contribution < 1.29 is 14.7 Å². The van der Waals surface area contributed by atoms with Crippen LogP contribution in [-0.4, -0.2) is 33.5 Å². The molecule has 2 aromatic rings. The van der Waals surface area contributed by atoms with Gasteiger partial charge in [0.25, 0.3) is 5.91 Å². The molecule has 2 N–H and O–H groups in total. The Morgan fingerprint density at radius 3 is 2.80 bits per heavy atom. The van der Waals surface area contributed by atoms with E-state index in [2.05, 4.69) is 31.2 Å². The number of nitrogens with zero attached hydrogens (tertiary/aromatic N) is 2. The molecule has 0 aliphatic rings. The number of halogens is 1. The Kier molecular flexibility index (Phi) is 4.80. The molecule has 6 nitrogen and oxygen atoms in total. The number of hydrogen-bond donors (Lipinski definition) is 2. The van der Waals surface area contributed by atoms with Crippen molar-refractivity contribution in [1.82, 2.24) is 15.3 Å². The van der Waals surface area contributed by atoms with Gasteiger partial charge < -0.3 is 10.4 Å². The van der Waals surface area contributed by atoms with Crippen molar-refractivity contribution in [2.45, 2.75) is 6.42 Å². The van der Waals surface area contributed by atoms with Crippen molar-refractivity contribution in [1.29, 1.82) is 0 Å². The number of aromatic carboxylic acids is 1. The van der Waals surface area contributed by atoms with Crippen LogP contribution in [0.15, 0.2) is 28.3 Å². The molecule has 20 heavy (non-hydrogen) atoms. The van der Waals surface area contributed by atoms with Crippen LogP contribution in [0.4, 0.5) is 0 Å². The zero-order chi connectivity index (χ0) is 14.5. The molecule has 0 saturated heterocycles. The van der Waals surface area contributed by atoms with Crippen LogP contribution in [0.25, 0.3) is 0 Å². The van der Waals surface area contributed by atoms with Crippen molar-refractivity contribution in [3.05, 3.63) is 44.6 Å². The standard InChI is InChI=1S/C12H10BrN3O3S/c13-9-2-1-7(5-15-9)11(17)14-4-3-10-16-8(6-20-10)12(18)19/h1-2,5-6H,3-4H2,(H,14,17)(H,18,19). The lowest BCUT2D eigenvalue weighted by Crippen LogP contribution is -2.25. The minimum Gasteiger partial charge on any atom is -0.476 e. The van der Waals surface area contributed by atoms with Crippen LogP contribution in [-0.2, 0) is 6.42 Å². The van der Waals surface area contributed by atoms with Crippen molar-refractivity contribution in [2.24, 2.45) is 0 Å². The summed E-state index contributed by atoms with van der Waals surface area (Å²) in [6.45, 7) is 0.390. The first-order valence-corrected chi connectivity index (χ1v) is 7.31. The summed E-state index contributed by atoms with van der Waals surface area (Å²) in [4.78, 5) is 30.4. The van der Waals surface area contributed by atoms with E-state index in [1.165, 1.54) is 22.9 Å². The number of thiazole rings is 1. The second-order valence-corrected chi connectivity index (χ2v) is 5.56. The summed E-state index contributed by atoms with van der Waals surface area (Å²) in [6, 6.07) is 3.35. The van der Waals surface area contributed by atoms with Gasteiger partial charge >= 0.3 is 5.97 Å². The fraction of sp³-hybridized carbons (Fsp3) is 0.167. The van der Waals surface area contributed by atoms with E-state index in [-0.39, 0.29) is 11.6 Å². The second kappa shape index (κ2) is 6.58. The molecule has 0 unspecified atom stereocenters. The Morgan fingerprint density at radius 2 is 2.20 bits per heavy atom. The monoisotopic (exact) mass is 355 g/mol. The van der Waals surface area contributed by atoms with Gasteiger partial charge in [-0.05, 0) is 28.1 Å². The lowest BCUT2D eigenvalue weighted by Gasteiger charge is -2.03. The molecular formula is C12H10BrN3O3S. The van der Waals surface area contributed by atoms with Gasteiger partial charge in [0.05, 0.1) is 10.6 Å². The molecule has 0 saturated carbocycles. The first-order chi connectivity index (χ1) is 9.56. The highest BCUT2D eigenvalue weighted by Gasteiger charge is 2.09. The first-order valence-electron chi connectivity index (χ1n) is 5.63. The summed E-state index contributed by atoms with van der Waals surface area (Å²) in [6.07, 6.45) is 1.97. The van der Waals surface area contributed by atoms with Gasteiger partial charge in [-0.2, -0.15) is 0 Å². The van der Waals surface area contributed by atoms with Gasteiger partial charge in [0.2, 0.25) is 0 Å². The Morgan fingerprint density at radius 1 is 1.40 bits per heavy atom. The molecule has 0 spiro atoms. The predicted molar refractivity (Wildman–Crippen MR) is 77.0 cm³/mol. The summed E-state index contributed by atoms with van der Waals surface area (Å²) in [7, 11) is 0. The quantitative estimate of drug-likeness (QED) is 0.800. The molecule has 1 amide bonds. The summed E-state index contributed by atoms with van der Waals surface area (Å²) < 4.78 is 0.665. The van der Waals surface area contributed by atoms with Crippen LogP contribution >= 0.6 is 27.3 Å². The van der Waals surface area contributed by atoms with Crippen molar-refractivity contribution in [2.75, 3.05) is 6.54 Å². The SMILES string of the molecule is O=C(NCCc1nc(C(=O)O)cs1)c1ccc(Br)nc1. The highest BCUT2D eigenvalue weighted by molar-refractivity contribution is 9.10. The van der Waals surface area contributed by atoms with E-state index >= 15 is 0 Å². The van der Waals surface area contributed by atoms with Crippen LogP contribution in [0.3, 0.4) is 0 Å². The zero-order valence-electron chi connectivity index (χ0n) is 10.2. The lowest BCUT2D eigenvalue weighted by molar-refractivity contribution is 0.0690. The van der Waals surface area contributed by atoms with Crippen molar-refractivity contribution >= 4 is 39.1 Å². The van der Waals surface area contributed by atoms with Crippen LogP contribution in [0, 0.1) is 0 Å². The Hall–Kier alpha value is -1.80. The summed E-state index contributed by atoms with van der Waals surface area (Å²) in [5, 5.41) is 13.6. The molecule has 2 heterocycles. The average Bonchev–Trinajstić information content (AvgIpc) is 2.88. The fourth-order valence-electron chi connectivity index (χ4n) is 1.42. The maximum absolute atomic E-state index is 11.8. The van der Waals surface area contributed by atoms with Gasteiger partial charge in [-0.15, -0.1) is 11.3 Å². The summed E-state index contributed by atoms with van der Waals surface area (Å²) >= 11 is 4.46. The number of carboxylic acid groups (broad SMARTS) is 1. The van der Waals surface area contributed by atoms with Gasteiger partial charge in [0.15, 0.2) is 5.69 Å². The van der Waals surface area contributed by atoms with Crippen LogP contribution < -0.4 is 5.32 Å². The van der Waals surface area contributed by atoms with E-state index in [0.717, 1.165) is 0 Å². The molecular weight excluding hydrogens is 346 g/mol. The Bertz CT molecular complexity index is 627.